The molecule has 0 saturated heterocycles. The second kappa shape index (κ2) is 4.90. The number of aryl methyl sites for hydroxylation is 2. The van der Waals surface area contributed by atoms with Gasteiger partial charge in [0, 0.05) is 16.2 Å². The van der Waals surface area contributed by atoms with Crippen molar-refractivity contribution in [3.8, 4) is 0 Å². The van der Waals surface area contributed by atoms with Crippen LogP contribution in [0.15, 0.2) is 34.9 Å². The standard InChI is InChI=1S/C14H13BrN2O/c1-8-3-4-10(11(15)7-8)13(18)12-9(2)5-6-17-14(12)16/h3-7H,1-2H3,(H2,16,17). The first-order valence-electron chi connectivity index (χ1n) is 5.52. The number of hydrogen-bond donors (Lipinski definition) is 1. The Morgan fingerprint density at radius 2 is 2.00 bits per heavy atom. The molecule has 3 nitrogen and oxygen atoms in total. The molecule has 4 heteroatoms. The Labute approximate surface area is 114 Å². The lowest BCUT2D eigenvalue weighted by molar-refractivity contribution is 0.103. The zero-order chi connectivity index (χ0) is 13.3. The number of benzene rings is 1. The van der Waals surface area contributed by atoms with Crippen molar-refractivity contribution >= 4 is 27.5 Å². The number of carbonyl (C=O) groups excluding carboxylic acids is 1. The smallest absolute Gasteiger partial charge is 0.198 e. The summed E-state index contributed by atoms with van der Waals surface area (Å²) >= 11 is 3.41. The van der Waals surface area contributed by atoms with Gasteiger partial charge >= 0.3 is 0 Å². The zero-order valence-corrected chi connectivity index (χ0v) is 11.8. The largest absolute Gasteiger partial charge is 0.383 e. The lowest BCUT2D eigenvalue weighted by Gasteiger charge is -2.09. The molecule has 0 saturated carbocycles. The molecule has 1 heterocycles. The van der Waals surface area contributed by atoms with Crippen LogP contribution in [0.3, 0.4) is 0 Å². The van der Waals surface area contributed by atoms with Gasteiger partial charge in [0.25, 0.3) is 0 Å². The van der Waals surface area contributed by atoms with E-state index in [1.165, 1.54) is 0 Å². The van der Waals surface area contributed by atoms with Gasteiger partial charge in [0.2, 0.25) is 0 Å². The molecule has 1 aromatic carbocycles. The average Bonchev–Trinajstić information content (AvgIpc) is 2.28. The molecule has 92 valence electrons. The van der Waals surface area contributed by atoms with E-state index in [1.54, 1.807) is 18.3 Å². The predicted molar refractivity (Wildman–Crippen MR) is 75.7 cm³/mol. The normalized spacial score (nSPS) is 10.4. The Hall–Kier alpha value is -1.68. The number of aromatic nitrogens is 1. The van der Waals surface area contributed by atoms with Crippen LogP contribution in [0.1, 0.15) is 27.0 Å². The van der Waals surface area contributed by atoms with Crippen molar-refractivity contribution in [1.82, 2.24) is 4.98 Å². The fourth-order valence-corrected chi connectivity index (χ4v) is 2.49. The number of anilines is 1. The van der Waals surface area contributed by atoms with E-state index in [9.17, 15) is 4.79 Å². The van der Waals surface area contributed by atoms with E-state index in [0.717, 1.165) is 15.6 Å². The number of rotatable bonds is 2. The highest BCUT2D eigenvalue weighted by molar-refractivity contribution is 9.10. The number of nitrogens with two attached hydrogens (primary N) is 1. The molecule has 1 aromatic heterocycles. The molecule has 2 N–H and O–H groups in total. The quantitative estimate of drug-likeness (QED) is 0.866. The second-order valence-corrected chi connectivity index (χ2v) is 5.05. The number of hydrogen-bond acceptors (Lipinski definition) is 3. The van der Waals surface area contributed by atoms with Gasteiger partial charge in [-0.3, -0.25) is 4.79 Å². The SMILES string of the molecule is Cc1ccc(C(=O)c2c(C)ccnc2N)c(Br)c1. The van der Waals surface area contributed by atoms with Gasteiger partial charge in [0.1, 0.15) is 5.82 Å². The molecule has 0 radical (unpaired) electrons. The Bertz CT molecular complexity index is 603. The molecule has 0 unspecified atom stereocenters. The molecule has 2 aromatic rings. The van der Waals surface area contributed by atoms with Crippen LogP contribution < -0.4 is 5.73 Å². The molecule has 0 atom stereocenters. The summed E-state index contributed by atoms with van der Waals surface area (Å²) in [5.74, 6) is 0.164. The van der Waals surface area contributed by atoms with Crippen molar-refractivity contribution in [2.24, 2.45) is 0 Å². The van der Waals surface area contributed by atoms with Crippen LogP contribution in [0, 0.1) is 13.8 Å². The summed E-state index contributed by atoms with van der Waals surface area (Å²) in [6.45, 7) is 3.83. The van der Waals surface area contributed by atoms with Crippen LogP contribution in [0.4, 0.5) is 5.82 Å². The predicted octanol–water partition coefficient (Wildman–Crippen LogP) is 3.27. The van der Waals surface area contributed by atoms with Gasteiger partial charge in [0.15, 0.2) is 5.78 Å². The minimum atomic E-state index is -0.107. The first kappa shape index (κ1) is 12.8. The van der Waals surface area contributed by atoms with Crippen molar-refractivity contribution in [3.05, 3.63) is 57.2 Å². The van der Waals surface area contributed by atoms with E-state index in [0.29, 0.717) is 11.1 Å². The van der Waals surface area contributed by atoms with E-state index in [-0.39, 0.29) is 11.6 Å². The maximum Gasteiger partial charge on any atom is 0.198 e. The molecule has 0 aliphatic heterocycles. The topological polar surface area (TPSA) is 56.0 Å². The Morgan fingerprint density at radius 1 is 1.28 bits per heavy atom. The first-order valence-corrected chi connectivity index (χ1v) is 6.32. The molecular formula is C14H13BrN2O. The number of halogens is 1. The maximum absolute atomic E-state index is 12.5. The van der Waals surface area contributed by atoms with Crippen molar-refractivity contribution in [3.63, 3.8) is 0 Å². The third-order valence-electron chi connectivity index (χ3n) is 2.78. The zero-order valence-electron chi connectivity index (χ0n) is 10.2. The van der Waals surface area contributed by atoms with E-state index >= 15 is 0 Å². The van der Waals surface area contributed by atoms with Gasteiger partial charge in [-0.05, 0) is 43.2 Å². The molecule has 0 fully saturated rings. The maximum atomic E-state index is 12.5. The Balaban J connectivity index is 2.55. The number of pyridine rings is 1. The van der Waals surface area contributed by atoms with Crippen LogP contribution in [-0.2, 0) is 0 Å². The highest BCUT2D eigenvalue weighted by Gasteiger charge is 2.18. The van der Waals surface area contributed by atoms with Gasteiger partial charge in [-0.2, -0.15) is 0 Å². The summed E-state index contributed by atoms with van der Waals surface area (Å²) in [5, 5.41) is 0. The van der Waals surface area contributed by atoms with Gasteiger partial charge in [0.05, 0.1) is 5.56 Å². The minimum Gasteiger partial charge on any atom is -0.383 e. The summed E-state index contributed by atoms with van der Waals surface area (Å²) in [6.07, 6.45) is 1.60. The van der Waals surface area contributed by atoms with Crippen molar-refractivity contribution in [1.29, 1.82) is 0 Å². The van der Waals surface area contributed by atoms with Crippen molar-refractivity contribution < 1.29 is 4.79 Å². The molecule has 0 aliphatic carbocycles. The lowest BCUT2D eigenvalue weighted by Crippen LogP contribution is -2.09. The number of ketones is 1. The average molecular weight is 305 g/mol. The highest BCUT2D eigenvalue weighted by Crippen LogP contribution is 2.24. The minimum absolute atomic E-state index is 0.107. The Kier molecular flexibility index (Phi) is 3.48. The van der Waals surface area contributed by atoms with Crippen LogP contribution >= 0.6 is 15.9 Å². The molecule has 0 spiro atoms. The van der Waals surface area contributed by atoms with Crippen LogP contribution in [0.25, 0.3) is 0 Å². The van der Waals surface area contributed by atoms with Crippen molar-refractivity contribution in [2.45, 2.75) is 13.8 Å². The highest BCUT2D eigenvalue weighted by atomic mass is 79.9. The first-order chi connectivity index (χ1) is 8.50. The van der Waals surface area contributed by atoms with Crippen LogP contribution in [-0.4, -0.2) is 10.8 Å². The fraction of sp³-hybridized carbons (Fsp3) is 0.143. The van der Waals surface area contributed by atoms with E-state index in [1.807, 2.05) is 26.0 Å². The summed E-state index contributed by atoms with van der Waals surface area (Å²) in [6, 6.07) is 7.40. The summed E-state index contributed by atoms with van der Waals surface area (Å²) in [4.78, 5) is 16.4. The molecule has 2 rings (SSSR count). The summed E-state index contributed by atoms with van der Waals surface area (Å²) in [7, 11) is 0. The van der Waals surface area contributed by atoms with E-state index in [2.05, 4.69) is 20.9 Å². The second-order valence-electron chi connectivity index (χ2n) is 4.20. The third kappa shape index (κ3) is 2.29. The van der Waals surface area contributed by atoms with E-state index in [4.69, 9.17) is 5.73 Å². The number of carbonyl (C=O) groups is 1. The number of nitrogens with zero attached hydrogens (tertiary/aromatic N) is 1. The molecule has 0 amide bonds. The molecule has 0 bridgehead atoms. The van der Waals surface area contributed by atoms with Gasteiger partial charge in [-0.15, -0.1) is 0 Å². The lowest BCUT2D eigenvalue weighted by atomic mass is 9.99. The molecule has 0 aliphatic rings. The number of nitrogen functional groups attached to an aromatic ring is 1. The van der Waals surface area contributed by atoms with Crippen molar-refractivity contribution in [2.75, 3.05) is 5.73 Å². The Morgan fingerprint density at radius 3 is 2.61 bits per heavy atom. The third-order valence-corrected chi connectivity index (χ3v) is 3.44. The molecular weight excluding hydrogens is 292 g/mol. The van der Waals surface area contributed by atoms with Crippen LogP contribution in [0.5, 0.6) is 0 Å². The monoisotopic (exact) mass is 304 g/mol. The van der Waals surface area contributed by atoms with E-state index < -0.39 is 0 Å². The van der Waals surface area contributed by atoms with Gasteiger partial charge < -0.3 is 5.73 Å². The molecule has 18 heavy (non-hydrogen) atoms. The van der Waals surface area contributed by atoms with Gasteiger partial charge in [-0.25, -0.2) is 4.98 Å². The fourth-order valence-electron chi connectivity index (χ4n) is 1.81. The van der Waals surface area contributed by atoms with Crippen LogP contribution in [0.2, 0.25) is 0 Å². The summed E-state index contributed by atoms with van der Waals surface area (Å²) < 4.78 is 0.773. The summed E-state index contributed by atoms with van der Waals surface area (Å²) in [5.41, 5.74) is 8.79. The van der Waals surface area contributed by atoms with Gasteiger partial charge in [-0.1, -0.05) is 22.0 Å².